The molecule has 19 heavy (non-hydrogen) atoms. The van der Waals surface area contributed by atoms with Gasteiger partial charge in [0.2, 0.25) is 0 Å². The van der Waals surface area contributed by atoms with Crippen LogP contribution in [0.2, 0.25) is 0 Å². The van der Waals surface area contributed by atoms with E-state index >= 15 is 0 Å². The Hall–Kier alpha value is 0.180. The quantitative estimate of drug-likeness (QED) is 0.413. The summed E-state index contributed by atoms with van der Waals surface area (Å²) in [4.78, 5) is 8.09. The average Bonchev–Trinajstić information content (AvgIpc) is 2.76. The minimum Gasteiger partial charge on any atom is -0.351 e. The van der Waals surface area contributed by atoms with Crippen molar-refractivity contribution in [3.05, 3.63) is 20.8 Å². The molecule has 1 saturated heterocycles. The minimum atomic E-state index is 0. The van der Waals surface area contributed by atoms with Crippen molar-refractivity contribution in [2.24, 2.45) is 10.9 Å². The predicted octanol–water partition coefficient (Wildman–Crippen LogP) is 3.94. The van der Waals surface area contributed by atoms with E-state index in [0.29, 0.717) is 0 Å². The summed E-state index contributed by atoms with van der Waals surface area (Å²) in [5, 5.41) is 5.57. The Balaban J connectivity index is 0.00000180. The molecule has 0 aromatic carbocycles. The maximum Gasteiger partial charge on any atom is 0.193 e. The van der Waals surface area contributed by atoms with Gasteiger partial charge in [-0.1, -0.05) is 6.92 Å². The molecule has 3 nitrogen and oxygen atoms in total. The zero-order valence-corrected chi connectivity index (χ0v) is 16.1. The van der Waals surface area contributed by atoms with Gasteiger partial charge in [-0.15, -0.1) is 35.3 Å². The molecule has 0 bridgehead atoms. The zero-order valence-electron chi connectivity index (χ0n) is 11.4. The van der Waals surface area contributed by atoms with E-state index < -0.39 is 0 Å². The van der Waals surface area contributed by atoms with Crippen molar-refractivity contribution < 1.29 is 0 Å². The van der Waals surface area contributed by atoms with Crippen LogP contribution >= 0.6 is 51.2 Å². The number of thiophene rings is 1. The summed E-state index contributed by atoms with van der Waals surface area (Å²) in [6.07, 6.45) is 2.61. The molecular weight excluding hydrogens is 437 g/mol. The maximum atomic E-state index is 4.39. The first kappa shape index (κ1) is 17.2. The summed E-state index contributed by atoms with van der Waals surface area (Å²) >= 11 is 5.25. The molecular formula is C13H21BrIN3S. The van der Waals surface area contributed by atoms with Gasteiger partial charge in [0.25, 0.3) is 0 Å². The molecule has 6 heteroatoms. The lowest BCUT2D eigenvalue weighted by Gasteiger charge is -2.33. The maximum absolute atomic E-state index is 4.39. The van der Waals surface area contributed by atoms with Crippen LogP contribution in [-0.2, 0) is 6.54 Å². The second-order valence-corrected chi connectivity index (χ2v) is 6.74. The minimum absolute atomic E-state index is 0. The summed E-state index contributed by atoms with van der Waals surface area (Å²) in [6, 6.07) is 2.16. The third-order valence-electron chi connectivity index (χ3n) is 3.21. The molecule has 1 aliphatic rings. The van der Waals surface area contributed by atoms with Gasteiger partial charge in [0.15, 0.2) is 5.96 Å². The van der Waals surface area contributed by atoms with E-state index in [-0.39, 0.29) is 24.0 Å². The molecule has 108 valence electrons. The number of nitrogens with zero attached hydrogens (tertiary/aromatic N) is 2. The second-order valence-electron chi connectivity index (χ2n) is 4.83. The number of hydrogen-bond donors (Lipinski definition) is 1. The largest absolute Gasteiger partial charge is 0.351 e. The van der Waals surface area contributed by atoms with Gasteiger partial charge in [-0.3, -0.25) is 4.99 Å². The van der Waals surface area contributed by atoms with Crippen LogP contribution in [0.15, 0.2) is 20.9 Å². The second kappa shape index (κ2) is 8.46. The highest BCUT2D eigenvalue weighted by molar-refractivity contribution is 14.0. The lowest BCUT2D eigenvalue weighted by atomic mass is 10.0. The Labute approximate surface area is 145 Å². The van der Waals surface area contributed by atoms with E-state index in [1.54, 1.807) is 11.3 Å². The van der Waals surface area contributed by atoms with Crippen LogP contribution in [0.3, 0.4) is 0 Å². The third kappa shape index (κ3) is 5.23. The first-order valence-electron chi connectivity index (χ1n) is 6.37. The van der Waals surface area contributed by atoms with E-state index in [2.05, 4.69) is 49.5 Å². The first-order valence-corrected chi connectivity index (χ1v) is 8.05. The van der Waals surface area contributed by atoms with Crippen LogP contribution in [-0.4, -0.2) is 31.0 Å². The van der Waals surface area contributed by atoms with Gasteiger partial charge in [0.05, 0.1) is 6.54 Å². The number of aliphatic imine (C=N–C) groups is 1. The molecule has 2 heterocycles. The smallest absolute Gasteiger partial charge is 0.193 e. The molecule has 0 aliphatic carbocycles. The molecule has 1 aromatic rings. The Morgan fingerprint density at radius 3 is 3.00 bits per heavy atom. The average molecular weight is 458 g/mol. The topological polar surface area (TPSA) is 27.6 Å². The Morgan fingerprint density at radius 1 is 1.63 bits per heavy atom. The van der Waals surface area contributed by atoms with Gasteiger partial charge >= 0.3 is 0 Å². The van der Waals surface area contributed by atoms with Crippen molar-refractivity contribution in [2.75, 3.05) is 20.1 Å². The normalized spacial score (nSPS) is 20.1. The summed E-state index contributed by atoms with van der Waals surface area (Å²) in [6.45, 7) is 5.41. The molecule has 1 fully saturated rings. The Morgan fingerprint density at radius 2 is 2.42 bits per heavy atom. The van der Waals surface area contributed by atoms with Crippen molar-refractivity contribution in [2.45, 2.75) is 26.3 Å². The van der Waals surface area contributed by atoms with Crippen molar-refractivity contribution >= 4 is 57.2 Å². The SMILES string of the molecule is CN=C(NCc1cc(Br)cs1)N1CCCC(C)C1.I. The van der Waals surface area contributed by atoms with Crippen molar-refractivity contribution in [3.8, 4) is 0 Å². The third-order valence-corrected chi connectivity index (χ3v) is 4.91. The molecule has 1 N–H and O–H groups in total. The number of hydrogen-bond acceptors (Lipinski definition) is 2. The Bertz CT molecular complexity index is 422. The van der Waals surface area contributed by atoms with Crippen LogP contribution in [0.1, 0.15) is 24.6 Å². The number of halogens is 2. The van der Waals surface area contributed by atoms with Crippen molar-refractivity contribution in [1.82, 2.24) is 10.2 Å². The van der Waals surface area contributed by atoms with Crippen molar-refractivity contribution in [3.63, 3.8) is 0 Å². The predicted molar refractivity (Wildman–Crippen MR) is 97.6 cm³/mol. The molecule has 1 aromatic heterocycles. The van der Waals surface area contributed by atoms with Gasteiger partial charge in [0, 0.05) is 34.9 Å². The number of nitrogens with one attached hydrogen (secondary N) is 1. The van der Waals surface area contributed by atoms with Crippen LogP contribution in [0.4, 0.5) is 0 Å². The summed E-state index contributed by atoms with van der Waals surface area (Å²) in [5.74, 6) is 1.80. The fraction of sp³-hybridized carbons (Fsp3) is 0.615. The van der Waals surface area contributed by atoms with E-state index in [9.17, 15) is 0 Å². The highest BCUT2D eigenvalue weighted by Gasteiger charge is 2.18. The lowest BCUT2D eigenvalue weighted by Crippen LogP contribution is -2.45. The van der Waals surface area contributed by atoms with E-state index in [4.69, 9.17) is 0 Å². The van der Waals surface area contributed by atoms with Crippen LogP contribution in [0.25, 0.3) is 0 Å². The van der Waals surface area contributed by atoms with E-state index in [0.717, 1.165) is 36.0 Å². The molecule has 1 atom stereocenters. The fourth-order valence-electron chi connectivity index (χ4n) is 2.33. The van der Waals surface area contributed by atoms with Crippen LogP contribution in [0.5, 0.6) is 0 Å². The standard InChI is InChI=1S/C13H20BrN3S.HI/c1-10-4-3-5-17(8-10)13(15-2)16-7-12-6-11(14)9-18-12;/h6,9-10H,3-5,7-8H2,1-2H3,(H,15,16);1H. The van der Waals surface area contributed by atoms with Gasteiger partial charge < -0.3 is 10.2 Å². The molecule has 0 radical (unpaired) electrons. The molecule has 1 unspecified atom stereocenters. The summed E-state index contributed by atoms with van der Waals surface area (Å²) in [7, 11) is 1.87. The zero-order chi connectivity index (χ0) is 13.0. The molecule has 0 saturated carbocycles. The summed E-state index contributed by atoms with van der Waals surface area (Å²) < 4.78 is 1.16. The van der Waals surface area contributed by atoms with Crippen molar-refractivity contribution in [1.29, 1.82) is 0 Å². The summed E-state index contributed by atoms with van der Waals surface area (Å²) in [5.41, 5.74) is 0. The number of rotatable bonds is 2. The highest BCUT2D eigenvalue weighted by Crippen LogP contribution is 2.20. The Kier molecular flexibility index (Phi) is 7.68. The first-order chi connectivity index (χ1) is 8.69. The number of likely N-dealkylation sites (tertiary alicyclic amines) is 1. The van der Waals surface area contributed by atoms with E-state index in [1.807, 2.05) is 7.05 Å². The van der Waals surface area contributed by atoms with Gasteiger partial charge in [-0.25, -0.2) is 0 Å². The molecule has 1 aliphatic heterocycles. The monoisotopic (exact) mass is 457 g/mol. The van der Waals surface area contributed by atoms with Gasteiger partial charge in [-0.05, 0) is 40.8 Å². The lowest BCUT2D eigenvalue weighted by molar-refractivity contribution is 0.266. The van der Waals surface area contributed by atoms with Gasteiger partial charge in [-0.2, -0.15) is 0 Å². The van der Waals surface area contributed by atoms with Crippen LogP contribution < -0.4 is 5.32 Å². The number of piperidine rings is 1. The van der Waals surface area contributed by atoms with E-state index in [1.165, 1.54) is 17.7 Å². The molecule has 0 amide bonds. The molecule has 0 spiro atoms. The van der Waals surface area contributed by atoms with Gasteiger partial charge in [0.1, 0.15) is 0 Å². The van der Waals surface area contributed by atoms with Crippen LogP contribution in [0, 0.1) is 5.92 Å². The molecule has 2 rings (SSSR count). The number of guanidine groups is 1. The highest BCUT2D eigenvalue weighted by atomic mass is 127. The fourth-order valence-corrected chi connectivity index (χ4v) is 3.72.